The maximum Gasteiger partial charge on any atom is 0.320 e. The molecule has 0 aliphatic heterocycles. The number of aliphatic carboxylic acids is 1. The van der Waals surface area contributed by atoms with Crippen LogP contribution in [0.4, 0.5) is 17.6 Å². The highest BCUT2D eigenvalue weighted by molar-refractivity contribution is 5.87. The number of alkyl halides is 2. The smallest absolute Gasteiger partial charge is 0.320 e. The molecule has 6 heteroatoms. The molecule has 16 heavy (non-hydrogen) atoms. The van der Waals surface area contributed by atoms with Crippen LogP contribution in [0.2, 0.25) is 0 Å². The molecule has 86 valence electrons. The van der Waals surface area contributed by atoms with E-state index in [1.165, 1.54) is 0 Å². The SMILES string of the molecule is O=C(O)C1(c2c(F)cccc2F)CC1(F)F. The fraction of sp³-hybridized carbons (Fsp3) is 0.300. The molecule has 0 aromatic heterocycles. The van der Waals surface area contributed by atoms with Gasteiger partial charge in [0.15, 0.2) is 5.41 Å². The number of carboxylic acids is 1. The van der Waals surface area contributed by atoms with Crippen LogP contribution in [-0.2, 0) is 10.2 Å². The first-order valence-corrected chi connectivity index (χ1v) is 4.38. The van der Waals surface area contributed by atoms with E-state index >= 15 is 0 Å². The summed E-state index contributed by atoms with van der Waals surface area (Å²) in [4.78, 5) is 10.8. The Morgan fingerprint density at radius 1 is 1.25 bits per heavy atom. The number of hydrogen-bond acceptors (Lipinski definition) is 1. The molecule has 1 aromatic rings. The second kappa shape index (κ2) is 2.96. The average Bonchev–Trinajstić information content (AvgIpc) is 2.70. The van der Waals surface area contributed by atoms with Crippen molar-refractivity contribution in [3.05, 3.63) is 35.4 Å². The van der Waals surface area contributed by atoms with E-state index in [4.69, 9.17) is 5.11 Å². The Hall–Kier alpha value is -1.59. The molecule has 1 unspecified atom stereocenters. The lowest BCUT2D eigenvalue weighted by Crippen LogP contribution is -2.29. The van der Waals surface area contributed by atoms with Crippen LogP contribution in [0.15, 0.2) is 18.2 Å². The molecule has 0 heterocycles. The van der Waals surface area contributed by atoms with Crippen molar-refractivity contribution < 1.29 is 27.5 Å². The summed E-state index contributed by atoms with van der Waals surface area (Å²) in [7, 11) is 0. The van der Waals surface area contributed by atoms with E-state index in [2.05, 4.69) is 0 Å². The maximum atomic E-state index is 13.3. The summed E-state index contributed by atoms with van der Waals surface area (Å²) in [5, 5.41) is 8.73. The first kappa shape index (κ1) is 10.9. The topological polar surface area (TPSA) is 37.3 Å². The maximum absolute atomic E-state index is 13.3. The minimum atomic E-state index is -3.61. The third kappa shape index (κ3) is 1.15. The van der Waals surface area contributed by atoms with Gasteiger partial charge >= 0.3 is 5.97 Å². The van der Waals surface area contributed by atoms with Crippen LogP contribution in [0.3, 0.4) is 0 Å². The molecule has 1 saturated carbocycles. The summed E-state index contributed by atoms with van der Waals surface area (Å²) in [6.45, 7) is 0. The van der Waals surface area contributed by atoms with Crippen LogP contribution >= 0.6 is 0 Å². The quantitative estimate of drug-likeness (QED) is 0.797. The van der Waals surface area contributed by atoms with Crippen LogP contribution in [0.1, 0.15) is 12.0 Å². The van der Waals surface area contributed by atoms with Crippen LogP contribution in [0.5, 0.6) is 0 Å². The lowest BCUT2D eigenvalue weighted by atomic mass is 9.94. The Bertz CT molecular complexity index is 452. The van der Waals surface area contributed by atoms with Crippen molar-refractivity contribution in [2.75, 3.05) is 0 Å². The Labute approximate surface area is 87.5 Å². The summed E-state index contributed by atoms with van der Waals surface area (Å²) in [5.74, 6) is -8.05. The van der Waals surface area contributed by atoms with Crippen molar-refractivity contribution in [2.45, 2.75) is 17.8 Å². The summed E-state index contributed by atoms with van der Waals surface area (Å²) in [6, 6.07) is 2.51. The van der Waals surface area contributed by atoms with Crippen molar-refractivity contribution in [2.24, 2.45) is 0 Å². The molecular weight excluding hydrogens is 228 g/mol. The average molecular weight is 234 g/mol. The largest absolute Gasteiger partial charge is 0.480 e. The third-order valence-electron chi connectivity index (χ3n) is 2.74. The minimum absolute atomic E-state index is 0.761. The molecule has 2 nitrogen and oxygen atoms in total. The van der Waals surface area contributed by atoms with Crippen LogP contribution in [-0.4, -0.2) is 17.0 Å². The Morgan fingerprint density at radius 3 is 2.00 bits per heavy atom. The zero-order valence-corrected chi connectivity index (χ0v) is 7.81. The highest BCUT2D eigenvalue weighted by Gasteiger charge is 2.78. The molecule has 1 aromatic carbocycles. The molecule has 1 aliphatic rings. The van der Waals surface area contributed by atoms with E-state index in [0.29, 0.717) is 0 Å². The molecule has 0 radical (unpaired) electrons. The van der Waals surface area contributed by atoms with Gasteiger partial charge in [-0.3, -0.25) is 4.79 Å². The van der Waals surface area contributed by atoms with E-state index in [-0.39, 0.29) is 0 Å². The van der Waals surface area contributed by atoms with Gasteiger partial charge in [-0.05, 0) is 12.1 Å². The van der Waals surface area contributed by atoms with E-state index in [0.717, 1.165) is 18.2 Å². The van der Waals surface area contributed by atoms with E-state index in [1.54, 1.807) is 0 Å². The highest BCUT2D eigenvalue weighted by Crippen LogP contribution is 2.62. The van der Waals surface area contributed by atoms with Crippen molar-refractivity contribution in [1.29, 1.82) is 0 Å². The number of rotatable bonds is 2. The summed E-state index contributed by atoms with van der Waals surface area (Å²) in [5.41, 5.74) is -3.81. The predicted molar refractivity (Wildman–Crippen MR) is 45.2 cm³/mol. The highest BCUT2D eigenvalue weighted by atomic mass is 19.3. The first-order valence-electron chi connectivity index (χ1n) is 4.38. The van der Waals surface area contributed by atoms with Gasteiger partial charge in [0.05, 0.1) is 0 Å². The Morgan fingerprint density at radius 2 is 1.69 bits per heavy atom. The van der Waals surface area contributed by atoms with Gasteiger partial charge in [0.1, 0.15) is 11.6 Å². The fourth-order valence-electron chi connectivity index (χ4n) is 1.80. The van der Waals surface area contributed by atoms with Crippen molar-refractivity contribution >= 4 is 5.97 Å². The van der Waals surface area contributed by atoms with Gasteiger partial charge in [-0.25, -0.2) is 17.6 Å². The van der Waals surface area contributed by atoms with Crippen molar-refractivity contribution in [3.63, 3.8) is 0 Å². The lowest BCUT2D eigenvalue weighted by molar-refractivity contribution is -0.143. The van der Waals surface area contributed by atoms with Gasteiger partial charge in [0, 0.05) is 12.0 Å². The van der Waals surface area contributed by atoms with E-state index in [1.807, 2.05) is 0 Å². The van der Waals surface area contributed by atoms with Crippen molar-refractivity contribution in [3.8, 4) is 0 Å². The standard InChI is InChI=1S/C10H6F4O2/c11-5-2-1-3-6(12)7(5)9(8(15)16)4-10(9,13)14/h1-3H,4H2,(H,15,16). The second-order valence-corrected chi connectivity index (χ2v) is 3.69. The number of hydrogen-bond donors (Lipinski definition) is 1. The van der Waals surface area contributed by atoms with Crippen molar-refractivity contribution in [1.82, 2.24) is 0 Å². The molecule has 0 amide bonds. The monoisotopic (exact) mass is 234 g/mol. The van der Waals surface area contributed by atoms with Crippen LogP contribution in [0.25, 0.3) is 0 Å². The van der Waals surface area contributed by atoms with Gasteiger partial charge in [0.2, 0.25) is 0 Å². The summed E-state index contributed by atoms with van der Waals surface area (Å²) in [6.07, 6.45) is -1.08. The molecular formula is C10H6F4O2. The molecule has 0 spiro atoms. The van der Waals surface area contributed by atoms with Crippen LogP contribution < -0.4 is 0 Å². The molecule has 1 atom stereocenters. The summed E-state index contributed by atoms with van der Waals surface area (Å²) >= 11 is 0. The molecule has 0 saturated heterocycles. The molecule has 1 fully saturated rings. The number of halogens is 4. The molecule has 0 bridgehead atoms. The number of benzene rings is 1. The van der Waals surface area contributed by atoms with Crippen LogP contribution in [0, 0.1) is 11.6 Å². The fourth-order valence-corrected chi connectivity index (χ4v) is 1.80. The Kier molecular flexibility index (Phi) is 2.02. The van der Waals surface area contributed by atoms with E-state index in [9.17, 15) is 22.4 Å². The first-order chi connectivity index (χ1) is 7.33. The van der Waals surface area contributed by atoms with Gasteiger partial charge in [-0.2, -0.15) is 0 Å². The van der Waals surface area contributed by atoms with E-state index < -0.39 is 40.9 Å². The molecule has 1 N–H and O–H groups in total. The lowest BCUT2D eigenvalue weighted by Gasteiger charge is -2.13. The normalized spacial score (nSPS) is 26.5. The Balaban J connectivity index is 2.64. The summed E-state index contributed by atoms with van der Waals surface area (Å²) < 4.78 is 52.6. The number of carboxylic acid groups (broad SMARTS) is 1. The molecule has 1 aliphatic carbocycles. The van der Waals surface area contributed by atoms with Gasteiger partial charge in [0.25, 0.3) is 5.92 Å². The van der Waals surface area contributed by atoms with Gasteiger partial charge in [-0.15, -0.1) is 0 Å². The second-order valence-electron chi connectivity index (χ2n) is 3.69. The predicted octanol–water partition coefficient (Wildman–Crippen LogP) is 2.33. The zero-order valence-electron chi connectivity index (χ0n) is 7.81. The van der Waals surface area contributed by atoms with Gasteiger partial charge < -0.3 is 5.11 Å². The molecule has 2 rings (SSSR count). The third-order valence-corrected chi connectivity index (χ3v) is 2.74. The van der Waals surface area contributed by atoms with Gasteiger partial charge in [-0.1, -0.05) is 6.07 Å². The number of carbonyl (C=O) groups is 1. The zero-order chi connectivity index (χ0) is 12.1. The minimum Gasteiger partial charge on any atom is -0.480 e.